The number of hydrazone groups is 1. The summed E-state index contributed by atoms with van der Waals surface area (Å²) in [4.78, 5) is 27.5. The molecule has 3 aliphatic heterocycles. The summed E-state index contributed by atoms with van der Waals surface area (Å²) in [6.07, 6.45) is 1.84. The largest absolute Gasteiger partial charge is 0.466 e. The number of hydrogen-bond acceptors (Lipinski definition) is 7. The topological polar surface area (TPSA) is 80.7 Å². The number of rotatable bonds is 6. The summed E-state index contributed by atoms with van der Waals surface area (Å²) in [5, 5.41) is 6.21. The predicted octanol–water partition coefficient (Wildman–Crippen LogP) is 3.51. The molecule has 9 heteroatoms. The van der Waals surface area contributed by atoms with E-state index in [9.17, 15) is 14.0 Å². The van der Waals surface area contributed by atoms with Gasteiger partial charge in [0.2, 0.25) is 6.79 Å². The van der Waals surface area contributed by atoms with Crippen molar-refractivity contribution in [3.8, 4) is 11.5 Å². The Morgan fingerprint density at radius 3 is 2.57 bits per heavy atom. The number of carbonyl (C=O) groups is 2. The normalized spacial score (nSPS) is 20.1. The molecule has 1 atom stereocenters. The SMILES string of the molecule is CCOC(=O)C1CCN(CC(=O)N2N=C(c3ccc(F)cc3)C[C@H]2c2ccc3c(c2)OCO3)CC1. The summed E-state index contributed by atoms with van der Waals surface area (Å²) < 4.78 is 29.6. The lowest BCUT2D eigenvalue weighted by Crippen LogP contribution is -2.43. The van der Waals surface area contributed by atoms with Crippen LogP contribution in [-0.4, -0.2) is 60.5 Å². The van der Waals surface area contributed by atoms with Gasteiger partial charge in [-0.3, -0.25) is 14.5 Å². The zero-order chi connectivity index (χ0) is 24.4. The molecule has 0 radical (unpaired) electrons. The van der Waals surface area contributed by atoms with Crippen molar-refractivity contribution in [2.75, 3.05) is 33.0 Å². The van der Waals surface area contributed by atoms with Crippen LogP contribution in [0.1, 0.15) is 43.4 Å². The van der Waals surface area contributed by atoms with Gasteiger partial charge in [0.1, 0.15) is 5.82 Å². The minimum absolute atomic E-state index is 0.113. The lowest BCUT2D eigenvalue weighted by Gasteiger charge is -2.32. The van der Waals surface area contributed by atoms with E-state index in [0.29, 0.717) is 50.5 Å². The van der Waals surface area contributed by atoms with Crippen molar-refractivity contribution in [2.24, 2.45) is 11.0 Å². The number of carbonyl (C=O) groups excluding carboxylic acids is 2. The maximum absolute atomic E-state index is 13.5. The second kappa shape index (κ2) is 10.0. The zero-order valence-corrected chi connectivity index (χ0v) is 19.6. The maximum Gasteiger partial charge on any atom is 0.309 e. The number of nitrogens with zero attached hydrogens (tertiary/aromatic N) is 3. The fourth-order valence-corrected chi connectivity index (χ4v) is 4.79. The molecule has 0 unspecified atom stereocenters. The lowest BCUT2D eigenvalue weighted by atomic mass is 9.96. The Labute approximate surface area is 203 Å². The van der Waals surface area contributed by atoms with Crippen LogP contribution in [0.15, 0.2) is 47.6 Å². The van der Waals surface area contributed by atoms with Crippen molar-refractivity contribution < 1.29 is 28.2 Å². The Morgan fingerprint density at radius 1 is 1.09 bits per heavy atom. The Balaban J connectivity index is 1.33. The first-order chi connectivity index (χ1) is 17.0. The third-order valence-electron chi connectivity index (χ3n) is 6.69. The first kappa shape index (κ1) is 23.3. The van der Waals surface area contributed by atoms with Crippen molar-refractivity contribution in [3.05, 3.63) is 59.4 Å². The molecule has 35 heavy (non-hydrogen) atoms. The van der Waals surface area contributed by atoms with E-state index in [1.807, 2.05) is 18.2 Å². The molecule has 1 saturated heterocycles. The second-order valence-corrected chi connectivity index (χ2v) is 8.93. The van der Waals surface area contributed by atoms with Crippen LogP contribution in [0.5, 0.6) is 11.5 Å². The fraction of sp³-hybridized carbons (Fsp3) is 0.423. The van der Waals surface area contributed by atoms with Crippen LogP contribution in [0.2, 0.25) is 0 Å². The minimum atomic E-state index is -0.321. The highest BCUT2D eigenvalue weighted by Gasteiger charge is 2.35. The van der Waals surface area contributed by atoms with Crippen molar-refractivity contribution >= 4 is 17.6 Å². The number of fused-ring (bicyclic) bond motifs is 1. The highest BCUT2D eigenvalue weighted by molar-refractivity contribution is 6.03. The van der Waals surface area contributed by atoms with Gasteiger partial charge in [-0.1, -0.05) is 18.2 Å². The van der Waals surface area contributed by atoms with E-state index >= 15 is 0 Å². The van der Waals surface area contributed by atoms with Gasteiger partial charge in [-0.05, 0) is 68.2 Å². The van der Waals surface area contributed by atoms with Gasteiger partial charge in [0.15, 0.2) is 11.5 Å². The highest BCUT2D eigenvalue weighted by atomic mass is 19.1. The molecule has 0 N–H and O–H groups in total. The third-order valence-corrected chi connectivity index (χ3v) is 6.69. The van der Waals surface area contributed by atoms with E-state index in [1.54, 1.807) is 19.1 Å². The van der Waals surface area contributed by atoms with Crippen LogP contribution >= 0.6 is 0 Å². The number of likely N-dealkylation sites (tertiary alicyclic amines) is 1. The van der Waals surface area contributed by atoms with E-state index in [2.05, 4.69) is 10.0 Å². The number of esters is 1. The quantitative estimate of drug-likeness (QED) is 0.588. The summed E-state index contributed by atoms with van der Waals surface area (Å²) in [6.45, 7) is 3.85. The molecular formula is C26H28FN3O5. The number of halogens is 1. The highest BCUT2D eigenvalue weighted by Crippen LogP contribution is 2.39. The molecule has 3 aliphatic rings. The summed E-state index contributed by atoms with van der Waals surface area (Å²) in [5.74, 6) is 0.602. The van der Waals surface area contributed by atoms with Gasteiger partial charge in [0.25, 0.3) is 5.91 Å². The van der Waals surface area contributed by atoms with E-state index in [1.165, 1.54) is 17.1 Å². The average molecular weight is 482 g/mol. The molecule has 0 saturated carbocycles. The molecule has 0 aliphatic carbocycles. The maximum atomic E-state index is 13.5. The summed E-state index contributed by atoms with van der Waals surface area (Å²) in [7, 11) is 0. The Morgan fingerprint density at radius 2 is 1.83 bits per heavy atom. The molecule has 1 fully saturated rings. The molecule has 5 rings (SSSR count). The van der Waals surface area contributed by atoms with Gasteiger partial charge in [0, 0.05) is 6.42 Å². The van der Waals surface area contributed by atoms with Gasteiger partial charge >= 0.3 is 5.97 Å². The molecule has 3 heterocycles. The van der Waals surface area contributed by atoms with Crippen LogP contribution < -0.4 is 9.47 Å². The standard InChI is InChI=1S/C26H28FN3O5/c1-2-33-26(32)18-9-11-29(12-10-18)15-25(31)30-22(19-5-8-23-24(13-19)35-16-34-23)14-21(28-30)17-3-6-20(27)7-4-17/h3-8,13,18,22H,2,9-12,14-16H2,1H3/t22-/m0/s1. The van der Waals surface area contributed by atoms with Gasteiger partial charge in [0.05, 0.1) is 30.8 Å². The number of hydrogen-bond donors (Lipinski definition) is 0. The lowest BCUT2D eigenvalue weighted by molar-refractivity contribution is -0.149. The Hall–Kier alpha value is -3.46. The van der Waals surface area contributed by atoms with Crippen molar-refractivity contribution in [1.29, 1.82) is 0 Å². The molecule has 0 spiro atoms. The number of piperidine rings is 1. The molecule has 1 amide bonds. The number of amides is 1. The van der Waals surface area contributed by atoms with Gasteiger partial charge < -0.3 is 14.2 Å². The van der Waals surface area contributed by atoms with Crippen molar-refractivity contribution in [2.45, 2.75) is 32.2 Å². The van der Waals surface area contributed by atoms with Crippen LogP contribution in [0, 0.1) is 11.7 Å². The van der Waals surface area contributed by atoms with Crippen LogP contribution in [-0.2, 0) is 14.3 Å². The van der Waals surface area contributed by atoms with Gasteiger partial charge in [-0.2, -0.15) is 5.10 Å². The Bertz CT molecular complexity index is 1130. The summed E-state index contributed by atoms with van der Waals surface area (Å²) in [5.41, 5.74) is 2.40. The number of ether oxygens (including phenoxy) is 3. The molecule has 184 valence electrons. The van der Waals surface area contributed by atoms with E-state index < -0.39 is 0 Å². The van der Waals surface area contributed by atoms with Crippen LogP contribution in [0.3, 0.4) is 0 Å². The zero-order valence-electron chi connectivity index (χ0n) is 19.6. The van der Waals surface area contributed by atoms with Gasteiger partial charge in [-0.15, -0.1) is 0 Å². The Kier molecular flexibility index (Phi) is 6.68. The summed E-state index contributed by atoms with van der Waals surface area (Å²) in [6, 6.07) is 11.5. The molecule has 0 aromatic heterocycles. The van der Waals surface area contributed by atoms with E-state index in [4.69, 9.17) is 14.2 Å². The fourth-order valence-electron chi connectivity index (χ4n) is 4.79. The molecule has 0 bridgehead atoms. The molecular weight excluding hydrogens is 453 g/mol. The first-order valence-corrected chi connectivity index (χ1v) is 12.0. The van der Waals surface area contributed by atoms with Crippen LogP contribution in [0.4, 0.5) is 4.39 Å². The van der Waals surface area contributed by atoms with E-state index in [-0.39, 0.29) is 43.0 Å². The molecule has 2 aromatic rings. The molecule has 2 aromatic carbocycles. The van der Waals surface area contributed by atoms with Crippen LogP contribution in [0.25, 0.3) is 0 Å². The first-order valence-electron chi connectivity index (χ1n) is 12.0. The molecule has 8 nitrogen and oxygen atoms in total. The minimum Gasteiger partial charge on any atom is -0.466 e. The van der Waals surface area contributed by atoms with Gasteiger partial charge in [-0.25, -0.2) is 9.40 Å². The number of benzene rings is 2. The monoisotopic (exact) mass is 481 g/mol. The smallest absolute Gasteiger partial charge is 0.309 e. The average Bonchev–Trinajstić information content (AvgIpc) is 3.52. The second-order valence-electron chi connectivity index (χ2n) is 8.93. The van der Waals surface area contributed by atoms with Crippen molar-refractivity contribution in [1.82, 2.24) is 9.91 Å². The van der Waals surface area contributed by atoms with E-state index in [0.717, 1.165) is 16.8 Å². The summed E-state index contributed by atoms with van der Waals surface area (Å²) >= 11 is 0. The third kappa shape index (κ3) is 5.00. The predicted molar refractivity (Wildman–Crippen MR) is 126 cm³/mol. The van der Waals surface area contributed by atoms with Crippen molar-refractivity contribution in [3.63, 3.8) is 0 Å².